The van der Waals surface area contributed by atoms with Crippen molar-refractivity contribution in [2.75, 3.05) is 44.3 Å². The summed E-state index contributed by atoms with van der Waals surface area (Å²) < 4.78 is 6.60. The first-order chi connectivity index (χ1) is 10.8. The topological polar surface area (TPSA) is 39.5 Å². The molecular weight excluding hydrogens is 342 g/mol. The number of rotatable bonds is 3. The van der Waals surface area contributed by atoms with Gasteiger partial charge < -0.3 is 9.64 Å². The van der Waals surface area contributed by atoms with E-state index in [4.69, 9.17) is 10.00 Å². The van der Waals surface area contributed by atoms with Crippen LogP contribution in [0.3, 0.4) is 0 Å². The lowest BCUT2D eigenvalue weighted by atomic mass is 9.98. The fourth-order valence-electron chi connectivity index (χ4n) is 3.23. The Bertz CT molecular complexity index is 543. The third kappa shape index (κ3) is 3.81. The molecule has 1 aromatic carbocycles. The molecule has 22 heavy (non-hydrogen) atoms. The highest BCUT2D eigenvalue weighted by atomic mass is 79.9. The molecule has 2 aliphatic rings. The van der Waals surface area contributed by atoms with Gasteiger partial charge in [0, 0.05) is 35.7 Å². The number of anilines is 1. The summed E-state index contributed by atoms with van der Waals surface area (Å²) >= 11 is 3.60. The lowest BCUT2D eigenvalue weighted by Gasteiger charge is -2.33. The van der Waals surface area contributed by atoms with Gasteiger partial charge in [-0.15, -0.1) is 0 Å². The standard InChI is InChI=1S/C17H22BrN3O/c18-16-2-1-15(13-20-5-3-14(12-19)4-6-20)17(11-16)21-7-9-22-10-8-21/h1-2,11,14H,3-10,13H2. The number of nitriles is 1. The third-order valence-corrected chi connectivity index (χ3v) is 5.06. The van der Waals surface area contributed by atoms with Crippen LogP contribution in [0.5, 0.6) is 0 Å². The van der Waals surface area contributed by atoms with Crippen molar-refractivity contribution in [1.29, 1.82) is 5.26 Å². The molecule has 0 aliphatic carbocycles. The molecule has 0 bridgehead atoms. The van der Waals surface area contributed by atoms with Crippen molar-refractivity contribution < 1.29 is 4.74 Å². The summed E-state index contributed by atoms with van der Waals surface area (Å²) in [7, 11) is 0. The van der Waals surface area contributed by atoms with Crippen LogP contribution in [0, 0.1) is 17.2 Å². The van der Waals surface area contributed by atoms with Crippen LogP contribution in [-0.2, 0) is 11.3 Å². The number of morpholine rings is 1. The van der Waals surface area contributed by atoms with Crippen LogP contribution in [0.15, 0.2) is 22.7 Å². The minimum absolute atomic E-state index is 0.250. The maximum atomic E-state index is 9.02. The molecule has 2 heterocycles. The number of hydrogen-bond acceptors (Lipinski definition) is 4. The van der Waals surface area contributed by atoms with Crippen molar-refractivity contribution in [3.05, 3.63) is 28.2 Å². The van der Waals surface area contributed by atoms with Gasteiger partial charge in [-0.3, -0.25) is 4.90 Å². The maximum Gasteiger partial charge on any atom is 0.0656 e. The summed E-state index contributed by atoms with van der Waals surface area (Å²) in [6.07, 6.45) is 2.00. The highest BCUT2D eigenvalue weighted by molar-refractivity contribution is 9.10. The van der Waals surface area contributed by atoms with Gasteiger partial charge in [0.1, 0.15) is 0 Å². The van der Waals surface area contributed by atoms with Crippen molar-refractivity contribution >= 4 is 21.6 Å². The Morgan fingerprint density at radius 3 is 2.59 bits per heavy atom. The summed E-state index contributed by atoms with van der Waals surface area (Å²) in [5.74, 6) is 0.250. The Balaban J connectivity index is 1.71. The highest BCUT2D eigenvalue weighted by Crippen LogP contribution is 2.28. The van der Waals surface area contributed by atoms with E-state index in [1.165, 1.54) is 11.3 Å². The predicted octanol–water partition coefficient (Wildman–Crippen LogP) is 3.02. The molecule has 0 unspecified atom stereocenters. The quantitative estimate of drug-likeness (QED) is 0.827. The van der Waals surface area contributed by atoms with Gasteiger partial charge >= 0.3 is 0 Å². The van der Waals surface area contributed by atoms with E-state index >= 15 is 0 Å². The molecule has 2 saturated heterocycles. The minimum Gasteiger partial charge on any atom is -0.378 e. The lowest BCUT2D eigenvalue weighted by Crippen LogP contribution is -2.38. The number of benzene rings is 1. The molecular formula is C17H22BrN3O. The van der Waals surface area contributed by atoms with Gasteiger partial charge in [-0.1, -0.05) is 22.0 Å². The van der Waals surface area contributed by atoms with E-state index in [-0.39, 0.29) is 5.92 Å². The van der Waals surface area contributed by atoms with Crippen molar-refractivity contribution in [2.45, 2.75) is 19.4 Å². The summed E-state index contributed by atoms with van der Waals surface area (Å²) in [6, 6.07) is 8.98. The highest BCUT2D eigenvalue weighted by Gasteiger charge is 2.21. The molecule has 0 saturated carbocycles. The SMILES string of the molecule is N#CC1CCN(Cc2ccc(Br)cc2N2CCOCC2)CC1. The normalized spacial score (nSPS) is 20.8. The van der Waals surface area contributed by atoms with Crippen molar-refractivity contribution in [2.24, 2.45) is 5.92 Å². The summed E-state index contributed by atoms with van der Waals surface area (Å²) in [4.78, 5) is 4.90. The van der Waals surface area contributed by atoms with E-state index in [9.17, 15) is 0 Å². The Morgan fingerprint density at radius 2 is 1.91 bits per heavy atom. The van der Waals surface area contributed by atoms with E-state index in [1.54, 1.807) is 0 Å². The number of piperidine rings is 1. The zero-order valence-electron chi connectivity index (χ0n) is 12.8. The zero-order valence-corrected chi connectivity index (χ0v) is 14.4. The van der Waals surface area contributed by atoms with E-state index in [2.05, 4.69) is 50.0 Å². The molecule has 0 radical (unpaired) electrons. The molecule has 0 N–H and O–H groups in total. The predicted molar refractivity (Wildman–Crippen MR) is 90.8 cm³/mol. The molecule has 1 aromatic rings. The average molecular weight is 364 g/mol. The molecule has 2 fully saturated rings. The molecule has 0 amide bonds. The second kappa shape index (κ2) is 7.45. The van der Waals surface area contributed by atoms with Crippen molar-refractivity contribution in [1.82, 2.24) is 4.90 Å². The monoisotopic (exact) mass is 363 g/mol. The summed E-state index contributed by atoms with van der Waals surface area (Å²) in [5, 5.41) is 9.02. The first-order valence-electron chi connectivity index (χ1n) is 7.99. The Hall–Kier alpha value is -1.09. The largest absolute Gasteiger partial charge is 0.378 e. The van der Waals surface area contributed by atoms with Gasteiger partial charge in [-0.25, -0.2) is 0 Å². The maximum absolute atomic E-state index is 9.02. The second-order valence-electron chi connectivity index (χ2n) is 6.05. The van der Waals surface area contributed by atoms with Crippen LogP contribution < -0.4 is 4.90 Å². The van der Waals surface area contributed by atoms with Crippen LogP contribution in [0.1, 0.15) is 18.4 Å². The lowest BCUT2D eigenvalue weighted by molar-refractivity contribution is 0.122. The summed E-state index contributed by atoms with van der Waals surface area (Å²) in [5.41, 5.74) is 2.69. The Labute approximate surface area is 140 Å². The molecule has 0 atom stereocenters. The number of nitrogens with zero attached hydrogens (tertiary/aromatic N) is 3. The van der Waals surface area contributed by atoms with Gasteiger partial charge in [0.2, 0.25) is 0 Å². The average Bonchev–Trinajstić information content (AvgIpc) is 2.58. The Morgan fingerprint density at radius 1 is 1.18 bits per heavy atom. The second-order valence-corrected chi connectivity index (χ2v) is 6.97. The molecule has 0 aromatic heterocycles. The summed E-state index contributed by atoms with van der Waals surface area (Å²) in [6.45, 7) is 6.55. The van der Waals surface area contributed by atoms with E-state index < -0.39 is 0 Å². The van der Waals surface area contributed by atoms with Gasteiger partial charge in [0.05, 0.1) is 19.3 Å². The van der Waals surface area contributed by atoms with Crippen LogP contribution in [0.2, 0.25) is 0 Å². The van der Waals surface area contributed by atoms with Gasteiger partial charge in [-0.05, 0) is 43.6 Å². The first-order valence-corrected chi connectivity index (χ1v) is 8.78. The number of likely N-dealkylation sites (tertiary alicyclic amines) is 1. The van der Waals surface area contributed by atoms with Crippen LogP contribution >= 0.6 is 15.9 Å². The molecule has 4 nitrogen and oxygen atoms in total. The van der Waals surface area contributed by atoms with Crippen molar-refractivity contribution in [3.63, 3.8) is 0 Å². The first kappa shape index (κ1) is 15.8. The van der Waals surface area contributed by atoms with Crippen LogP contribution in [0.4, 0.5) is 5.69 Å². The van der Waals surface area contributed by atoms with Gasteiger partial charge in [0.15, 0.2) is 0 Å². The zero-order chi connectivity index (χ0) is 15.4. The van der Waals surface area contributed by atoms with Crippen molar-refractivity contribution in [3.8, 4) is 6.07 Å². The van der Waals surface area contributed by atoms with Gasteiger partial charge in [-0.2, -0.15) is 5.26 Å². The molecule has 5 heteroatoms. The fourth-order valence-corrected chi connectivity index (χ4v) is 3.58. The molecule has 118 valence electrons. The fraction of sp³-hybridized carbons (Fsp3) is 0.588. The molecule has 0 spiro atoms. The number of ether oxygens (including phenoxy) is 1. The smallest absolute Gasteiger partial charge is 0.0656 e. The van der Waals surface area contributed by atoms with E-state index in [1.807, 2.05) is 0 Å². The van der Waals surface area contributed by atoms with Gasteiger partial charge in [0.25, 0.3) is 0 Å². The Kier molecular flexibility index (Phi) is 5.35. The number of hydrogen-bond donors (Lipinski definition) is 0. The molecule has 3 rings (SSSR count). The minimum atomic E-state index is 0.250. The van der Waals surface area contributed by atoms with Crippen LogP contribution in [-0.4, -0.2) is 44.3 Å². The van der Waals surface area contributed by atoms with E-state index in [0.29, 0.717) is 0 Å². The van der Waals surface area contributed by atoms with Crippen LogP contribution in [0.25, 0.3) is 0 Å². The number of halogens is 1. The third-order valence-electron chi connectivity index (χ3n) is 4.56. The molecule has 2 aliphatic heterocycles. The van der Waals surface area contributed by atoms with E-state index in [0.717, 1.165) is 63.3 Å².